The van der Waals surface area contributed by atoms with Crippen LogP contribution in [-0.4, -0.2) is 58.9 Å². The molecule has 2 aromatic rings. The van der Waals surface area contributed by atoms with Gasteiger partial charge >= 0.3 is 0 Å². The highest BCUT2D eigenvalue weighted by molar-refractivity contribution is 5.45. The Labute approximate surface area is 146 Å². The molecule has 0 amide bonds. The van der Waals surface area contributed by atoms with Gasteiger partial charge in [0.25, 0.3) is 0 Å². The van der Waals surface area contributed by atoms with Gasteiger partial charge in [-0.25, -0.2) is 19.9 Å². The zero-order chi connectivity index (χ0) is 17.1. The topological polar surface area (TPSA) is 85.3 Å². The van der Waals surface area contributed by atoms with Crippen molar-refractivity contribution < 1.29 is 9.47 Å². The van der Waals surface area contributed by atoms with Crippen molar-refractivity contribution in [3.05, 3.63) is 30.9 Å². The molecule has 1 N–H and O–H groups in total. The summed E-state index contributed by atoms with van der Waals surface area (Å²) < 4.78 is 11.4. The zero-order valence-electron chi connectivity index (χ0n) is 14.3. The highest BCUT2D eigenvalue weighted by Crippen LogP contribution is 2.38. The average Bonchev–Trinajstić information content (AvgIpc) is 2.66. The molecule has 2 aliphatic rings. The molecule has 0 unspecified atom stereocenters. The van der Waals surface area contributed by atoms with Gasteiger partial charge in [0.05, 0.1) is 26.8 Å². The quantitative estimate of drug-likeness (QED) is 0.872. The van der Waals surface area contributed by atoms with Gasteiger partial charge in [-0.05, 0) is 24.8 Å². The van der Waals surface area contributed by atoms with Crippen molar-refractivity contribution in [3.8, 4) is 5.88 Å². The maximum Gasteiger partial charge on any atom is 0.222 e. The van der Waals surface area contributed by atoms with E-state index < -0.39 is 0 Å². The number of methoxy groups -OCH3 is 1. The summed E-state index contributed by atoms with van der Waals surface area (Å²) in [5, 5.41) is 3.28. The Morgan fingerprint density at radius 2 is 2.12 bits per heavy atom. The molecule has 0 aliphatic carbocycles. The number of nitrogens with one attached hydrogen (secondary N) is 1. The number of anilines is 2. The van der Waals surface area contributed by atoms with Gasteiger partial charge in [0.2, 0.25) is 11.8 Å². The number of nitrogens with zero attached hydrogens (tertiary/aromatic N) is 5. The van der Waals surface area contributed by atoms with E-state index in [1.165, 1.54) is 6.33 Å². The van der Waals surface area contributed by atoms with Crippen LogP contribution >= 0.6 is 0 Å². The van der Waals surface area contributed by atoms with Gasteiger partial charge in [0, 0.05) is 25.0 Å². The molecule has 0 saturated carbocycles. The van der Waals surface area contributed by atoms with Gasteiger partial charge in [0.1, 0.15) is 17.7 Å². The van der Waals surface area contributed by atoms with Gasteiger partial charge in [-0.15, -0.1) is 0 Å². The van der Waals surface area contributed by atoms with E-state index in [1.54, 1.807) is 19.5 Å². The molecule has 2 saturated heterocycles. The Balaban J connectivity index is 1.25. The van der Waals surface area contributed by atoms with Crippen LogP contribution in [0, 0.1) is 5.92 Å². The molecule has 132 valence electrons. The minimum atomic E-state index is -0.0298. The summed E-state index contributed by atoms with van der Waals surface area (Å²) in [7, 11) is 1.61. The minimum absolute atomic E-state index is 0.0298. The molecule has 0 bridgehead atoms. The van der Waals surface area contributed by atoms with Gasteiger partial charge in [-0.3, -0.25) is 0 Å². The SMILES string of the molecule is COc1cc(N2CC3(CC[C@H](CNc4ncccn4)CO3)C2)ncn1. The Bertz CT molecular complexity index is 697. The summed E-state index contributed by atoms with van der Waals surface area (Å²) in [5.41, 5.74) is -0.0298. The Hall–Kier alpha value is -2.48. The average molecular weight is 342 g/mol. The standard InChI is InChI=1S/C17H22N6O2/c1-24-15-7-14(21-12-22-15)23-10-17(11-23)4-3-13(9-25-17)8-20-16-18-5-2-6-19-16/h2,5-7,12-13H,3-4,8-11H2,1H3,(H,18,19,20)/t13-/m1/s1. The van der Waals surface area contributed by atoms with E-state index in [2.05, 4.69) is 30.2 Å². The second kappa shape index (κ2) is 6.79. The van der Waals surface area contributed by atoms with Crippen molar-refractivity contribution in [3.63, 3.8) is 0 Å². The number of rotatable bonds is 5. The van der Waals surface area contributed by atoms with Gasteiger partial charge in [-0.1, -0.05) is 0 Å². The minimum Gasteiger partial charge on any atom is -0.481 e. The first-order chi connectivity index (χ1) is 12.3. The molecular weight excluding hydrogens is 320 g/mol. The predicted molar refractivity (Wildman–Crippen MR) is 92.7 cm³/mol. The van der Waals surface area contributed by atoms with Crippen LogP contribution < -0.4 is 15.0 Å². The van der Waals surface area contributed by atoms with Gasteiger partial charge in [-0.2, -0.15) is 0 Å². The fourth-order valence-electron chi connectivity index (χ4n) is 3.38. The largest absolute Gasteiger partial charge is 0.481 e. The molecule has 4 rings (SSSR count). The second-order valence-corrected chi connectivity index (χ2v) is 6.63. The van der Waals surface area contributed by atoms with E-state index in [9.17, 15) is 0 Å². The maximum absolute atomic E-state index is 6.21. The first kappa shape index (κ1) is 16.0. The van der Waals surface area contributed by atoms with E-state index in [0.29, 0.717) is 17.7 Å². The second-order valence-electron chi connectivity index (χ2n) is 6.63. The lowest BCUT2D eigenvalue weighted by Gasteiger charge is -2.53. The van der Waals surface area contributed by atoms with E-state index in [0.717, 1.165) is 44.9 Å². The smallest absolute Gasteiger partial charge is 0.222 e. The monoisotopic (exact) mass is 342 g/mol. The summed E-state index contributed by atoms with van der Waals surface area (Å²) in [6.07, 6.45) is 7.22. The fourth-order valence-corrected chi connectivity index (χ4v) is 3.38. The molecule has 8 heteroatoms. The van der Waals surface area contributed by atoms with Crippen molar-refractivity contribution >= 4 is 11.8 Å². The van der Waals surface area contributed by atoms with E-state index >= 15 is 0 Å². The fraction of sp³-hybridized carbons (Fsp3) is 0.529. The molecule has 1 spiro atoms. The van der Waals surface area contributed by atoms with Gasteiger partial charge in [0.15, 0.2) is 0 Å². The third-order valence-corrected chi connectivity index (χ3v) is 4.87. The first-order valence-corrected chi connectivity index (χ1v) is 8.52. The van der Waals surface area contributed by atoms with E-state index in [4.69, 9.17) is 9.47 Å². The van der Waals surface area contributed by atoms with Crippen LogP contribution in [0.1, 0.15) is 12.8 Å². The lowest BCUT2D eigenvalue weighted by atomic mass is 9.83. The molecule has 25 heavy (non-hydrogen) atoms. The highest BCUT2D eigenvalue weighted by Gasteiger charge is 2.47. The number of hydrogen-bond acceptors (Lipinski definition) is 8. The summed E-state index contributed by atoms with van der Waals surface area (Å²) in [4.78, 5) is 18.9. The van der Waals surface area contributed by atoms with Crippen molar-refractivity contribution in [2.24, 2.45) is 5.92 Å². The third kappa shape index (κ3) is 3.48. The normalized spacial score (nSPS) is 21.6. The van der Waals surface area contributed by atoms with Crippen LogP contribution in [0.3, 0.4) is 0 Å². The maximum atomic E-state index is 6.21. The Kier molecular flexibility index (Phi) is 4.35. The number of aromatic nitrogens is 4. The van der Waals surface area contributed by atoms with E-state index in [1.807, 2.05) is 12.1 Å². The van der Waals surface area contributed by atoms with Crippen LogP contribution in [0.5, 0.6) is 5.88 Å². The van der Waals surface area contributed by atoms with Crippen LogP contribution in [0.2, 0.25) is 0 Å². The molecule has 4 heterocycles. The number of ether oxygens (including phenoxy) is 2. The Morgan fingerprint density at radius 3 is 2.84 bits per heavy atom. The molecule has 2 aliphatic heterocycles. The highest BCUT2D eigenvalue weighted by atomic mass is 16.5. The molecule has 2 aromatic heterocycles. The van der Waals surface area contributed by atoms with Crippen LogP contribution in [0.15, 0.2) is 30.9 Å². The first-order valence-electron chi connectivity index (χ1n) is 8.52. The lowest BCUT2D eigenvalue weighted by Crippen LogP contribution is -2.65. The van der Waals surface area contributed by atoms with Crippen molar-refractivity contribution in [1.29, 1.82) is 0 Å². The summed E-state index contributed by atoms with van der Waals surface area (Å²) in [5.74, 6) is 2.65. The molecule has 1 atom stereocenters. The number of hydrogen-bond donors (Lipinski definition) is 1. The van der Waals surface area contributed by atoms with E-state index in [-0.39, 0.29) is 5.60 Å². The lowest BCUT2D eigenvalue weighted by molar-refractivity contribution is -0.113. The van der Waals surface area contributed by atoms with Crippen LogP contribution in [-0.2, 0) is 4.74 Å². The summed E-state index contributed by atoms with van der Waals surface area (Å²) in [6, 6.07) is 3.68. The molecular formula is C17H22N6O2. The molecule has 8 nitrogen and oxygen atoms in total. The summed E-state index contributed by atoms with van der Waals surface area (Å²) >= 11 is 0. The molecule has 0 radical (unpaired) electrons. The summed E-state index contributed by atoms with van der Waals surface area (Å²) in [6.45, 7) is 3.35. The van der Waals surface area contributed by atoms with Crippen molar-refractivity contribution in [1.82, 2.24) is 19.9 Å². The van der Waals surface area contributed by atoms with Crippen molar-refractivity contribution in [2.75, 3.05) is 43.6 Å². The third-order valence-electron chi connectivity index (χ3n) is 4.87. The van der Waals surface area contributed by atoms with Gasteiger partial charge < -0.3 is 19.7 Å². The van der Waals surface area contributed by atoms with Crippen molar-refractivity contribution in [2.45, 2.75) is 18.4 Å². The van der Waals surface area contributed by atoms with Crippen LogP contribution in [0.4, 0.5) is 11.8 Å². The molecule has 2 fully saturated rings. The van der Waals surface area contributed by atoms with Crippen LogP contribution in [0.25, 0.3) is 0 Å². The predicted octanol–water partition coefficient (Wildman–Crippen LogP) is 1.37. The Morgan fingerprint density at radius 1 is 1.28 bits per heavy atom. The molecule has 0 aromatic carbocycles. The zero-order valence-corrected chi connectivity index (χ0v) is 14.3.